The number of halogens is 1. The lowest BCUT2D eigenvalue weighted by molar-refractivity contribution is -0.135. The van der Waals surface area contributed by atoms with Crippen LogP contribution in [0.25, 0.3) is 0 Å². The number of nitrogens with zero attached hydrogens (tertiary/aromatic N) is 1. The van der Waals surface area contributed by atoms with Crippen molar-refractivity contribution >= 4 is 17.5 Å². The molecule has 1 saturated heterocycles. The molecule has 28 heavy (non-hydrogen) atoms. The fraction of sp³-hybridized carbons (Fsp3) is 0.435. The molecule has 0 bridgehead atoms. The van der Waals surface area contributed by atoms with Crippen LogP contribution in [0.4, 0.5) is 0 Å². The second-order valence-corrected chi connectivity index (χ2v) is 7.99. The monoisotopic (exact) mass is 401 g/mol. The van der Waals surface area contributed by atoms with E-state index in [0.29, 0.717) is 31.0 Å². The Morgan fingerprint density at radius 2 is 1.89 bits per heavy atom. The summed E-state index contributed by atoms with van der Waals surface area (Å²) in [5.74, 6) is 0.959. The number of aliphatic hydroxyl groups excluding tert-OH is 1. The van der Waals surface area contributed by atoms with Crippen molar-refractivity contribution in [3.8, 4) is 5.75 Å². The van der Waals surface area contributed by atoms with E-state index in [9.17, 15) is 9.90 Å². The number of rotatable bonds is 8. The fourth-order valence-electron chi connectivity index (χ4n) is 3.84. The fourth-order valence-corrected chi connectivity index (χ4v) is 4.07. The van der Waals surface area contributed by atoms with Gasteiger partial charge in [-0.25, -0.2) is 0 Å². The number of hydrogen-bond donors (Lipinski definition) is 1. The van der Waals surface area contributed by atoms with Gasteiger partial charge in [-0.15, -0.1) is 0 Å². The molecule has 1 heterocycles. The maximum atomic E-state index is 12.8. The van der Waals surface area contributed by atoms with Crippen molar-refractivity contribution in [2.24, 2.45) is 5.41 Å². The molecule has 0 aliphatic carbocycles. The second kappa shape index (κ2) is 9.94. The molecule has 1 aliphatic rings. The van der Waals surface area contributed by atoms with Gasteiger partial charge in [-0.05, 0) is 49.4 Å². The number of piperidine rings is 1. The Hall–Kier alpha value is -2.04. The summed E-state index contributed by atoms with van der Waals surface area (Å²) in [6, 6.07) is 17.3. The Morgan fingerprint density at radius 1 is 1.14 bits per heavy atom. The molecular weight excluding hydrogens is 374 g/mol. The third kappa shape index (κ3) is 5.49. The molecule has 1 amide bonds. The highest BCUT2D eigenvalue weighted by atomic mass is 35.5. The SMILES string of the molecule is O=C(CCc1ccccc1Cl)N1CCC[C@@](CO)(CCOc2ccccc2)C1. The van der Waals surface area contributed by atoms with Crippen LogP contribution in [0, 0.1) is 5.41 Å². The van der Waals surface area contributed by atoms with E-state index in [0.717, 1.165) is 37.1 Å². The summed E-state index contributed by atoms with van der Waals surface area (Å²) < 4.78 is 5.82. The molecule has 0 aromatic heterocycles. The molecule has 1 atom stereocenters. The number of aryl methyl sites for hydroxylation is 1. The Labute approximate surface area is 172 Å². The quantitative estimate of drug-likeness (QED) is 0.715. The van der Waals surface area contributed by atoms with Gasteiger partial charge in [-0.1, -0.05) is 48.0 Å². The summed E-state index contributed by atoms with van der Waals surface area (Å²) in [5.41, 5.74) is 0.715. The molecule has 0 spiro atoms. The number of carbonyl (C=O) groups excluding carboxylic acids is 1. The van der Waals surface area contributed by atoms with E-state index in [4.69, 9.17) is 16.3 Å². The minimum atomic E-state index is -0.285. The van der Waals surface area contributed by atoms with Gasteiger partial charge in [0.05, 0.1) is 13.2 Å². The van der Waals surface area contributed by atoms with Gasteiger partial charge in [0.2, 0.25) is 5.91 Å². The zero-order valence-electron chi connectivity index (χ0n) is 16.1. The van der Waals surface area contributed by atoms with Gasteiger partial charge >= 0.3 is 0 Å². The van der Waals surface area contributed by atoms with E-state index in [-0.39, 0.29) is 17.9 Å². The first-order valence-electron chi connectivity index (χ1n) is 9.92. The van der Waals surface area contributed by atoms with Crippen LogP contribution in [0.2, 0.25) is 5.02 Å². The second-order valence-electron chi connectivity index (χ2n) is 7.58. The number of ether oxygens (including phenoxy) is 1. The molecule has 150 valence electrons. The van der Waals surface area contributed by atoms with Crippen LogP contribution >= 0.6 is 11.6 Å². The number of aliphatic hydroxyl groups is 1. The molecule has 5 heteroatoms. The van der Waals surface area contributed by atoms with Crippen LogP contribution < -0.4 is 4.74 Å². The average Bonchev–Trinajstić information content (AvgIpc) is 2.74. The highest BCUT2D eigenvalue weighted by Crippen LogP contribution is 2.33. The summed E-state index contributed by atoms with van der Waals surface area (Å²) in [6.45, 7) is 1.94. The third-order valence-electron chi connectivity index (χ3n) is 5.56. The van der Waals surface area contributed by atoms with Crippen LogP contribution in [-0.4, -0.2) is 42.2 Å². The van der Waals surface area contributed by atoms with Crippen molar-refractivity contribution < 1.29 is 14.6 Å². The molecule has 0 saturated carbocycles. The first-order valence-corrected chi connectivity index (χ1v) is 10.3. The van der Waals surface area contributed by atoms with Crippen molar-refractivity contribution in [1.29, 1.82) is 0 Å². The van der Waals surface area contributed by atoms with Gasteiger partial charge in [0.15, 0.2) is 0 Å². The smallest absolute Gasteiger partial charge is 0.222 e. The molecule has 1 aliphatic heterocycles. The molecule has 0 unspecified atom stereocenters. The number of para-hydroxylation sites is 1. The normalized spacial score (nSPS) is 19.4. The largest absolute Gasteiger partial charge is 0.494 e. The van der Waals surface area contributed by atoms with Crippen LogP contribution in [0.15, 0.2) is 54.6 Å². The molecular formula is C23H28ClNO3. The summed E-state index contributed by atoms with van der Waals surface area (Å²) in [7, 11) is 0. The minimum absolute atomic E-state index is 0.0689. The Morgan fingerprint density at radius 3 is 2.64 bits per heavy atom. The van der Waals surface area contributed by atoms with Gasteiger partial charge in [0, 0.05) is 29.9 Å². The highest BCUT2D eigenvalue weighted by Gasteiger charge is 2.36. The molecule has 0 radical (unpaired) electrons. The highest BCUT2D eigenvalue weighted by molar-refractivity contribution is 6.31. The van der Waals surface area contributed by atoms with Crippen molar-refractivity contribution in [3.63, 3.8) is 0 Å². The number of hydrogen-bond acceptors (Lipinski definition) is 3. The van der Waals surface area contributed by atoms with Crippen molar-refractivity contribution in [2.75, 3.05) is 26.3 Å². The van der Waals surface area contributed by atoms with Crippen LogP contribution in [0.1, 0.15) is 31.2 Å². The summed E-state index contributed by atoms with van der Waals surface area (Å²) in [4.78, 5) is 14.7. The van der Waals surface area contributed by atoms with E-state index in [1.165, 1.54) is 0 Å². The van der Waals surface area contributed by atoms with E-state index >= 15 is 0 Å². The van der Waals surface area contributed by atoms with Gasteiger partial charge in [0.25, 0.3) is 0 Å². The molecule has 2 aromatic rings. The average molecular weight is 402 g/mol. The maximum Gasteiger partial charge on any atom is 0.222 e. The van der Waals surface area contributed by atoms with Crippen molar-refractivity contribution in [1.82, 2.24) is 4.90 Å². The topological polar surface area (TPSA) is 49.8 Å². The Bertz CT molecular complexity index is 767. The molecule has 3 rings (SSSR count). The van der Waals surface area contributed by atoms with E-state index in [1.54, 1.807) is 0 Å². The first kappa shape index (κ1) is 20.7. The summed E-state index contributed by atoms with van der Waals surface area (Å²) in [5, 5.41) is 10.8. The third-order valence-corrected chi connectivity index (χ3v) is 5.93. The maximum absolute atomic E-state index is 12.8. The Balaban J connectivity index is 1.53. The van der Waals surface area contributed by atoms with E-state index in [2.05, 4.69) is 0 Å². The number of amides is 1. The lowest BCUT2D eigenvalue weighted by atomic mass is 9.78. The molecule has 4 nitrogen and oxygen atoms in total. The summed E-state index contributed by atoms with van der Waals surface area (Å²) in [6.07, 6.45) is 3.62. The lowest BCUT2D eigenvalue weighted by Gasteiger charge is -2.42. The van der Waals surface area contributed by atoms with Crippen molar-refractivity contribution in [3.05, 3.63) is 65.2 Å². The molecule has 1 fully saturated rings. The zero-order valence-corrected chi connectivity index (χ0v) is 16.9. The molecule has 1 N–H and O–H groups in total. The van der Waals surface area contributed by atoms with Crippen molar-refractivity contribution in [2.45, 2.75) is 32.1 Å². The molecule has 2 aromatic carbocycles. The predicted octanol–water partition coefficient (Wildman–Crippen LogP) is 4.34. The van der Waals surface area contributed by atoms with Gasteiger partial charge < -0.3 is 14.7 Å². The minimum Gasteiger partial charge on any atom is -0.494 e. The predicted molar refractivity (Wildman–Crippen MR) is 112 cm³/mol. The van der Waals surface area contributed by atoms with E-state index < -0.39 is 0 Å². The number of benzene rings is 2. The van der Waals surface area contributed by atoms with Crippen LogP contribution in [-0.2, 0) is 11.2 Å². The Kier molecular flexibility index (Phi) is 7.35. The zero-order chi connectivity index (χ0) is 19.8. The van der Waals surface area contributed by atoms with Gasteiger partial charge in [0.1, 0.15) is 5.75 Å². The summed E-state index contributed by atoms with van der Waals surface area (Å²) >= 11 is 6.20. The van der Waals surface area contributed by atoms with Gasteiger partial charge in [-0.2, -0.15) is 0 Å². The number of carbonyl (C=O) groups is 1. The van der Waals surface area contributed by atoms with Crippen LogP contribution in [0.3, 0.4) is 0 Å². The van der Waals surface area contributed by atoms with E-state index in [1.807, 2.05) is 59.5 Å². The van der Waals surface area contributed by atoms with Crippen LogP contribution in [0.5, 0.6) is 5.75 Å². The number of likely N-dealkylation sites (tertiary alicyclic amines) is 1. The lowest BCUT2D eigenvalue weighted by Crippen LogP contribution is -2.48. The first-order chi connectivity index (χ1) is 13.6. The van der Waals surface area contributed by atoms with Gasteiger partial charge in [-0.3, -0.25) is 4.79 Å². The standard InChI is InChI=1S/C23H28ClNO3/c24-21-10-5-4-7-19(21)11-12-22(27)25-15-6-13-23(17-25,18-26)14-16-28-20-8-2-1-3-9-20/h1-5,7-10,26H,6,11-18H2/t23-/m1/s1.